The third kappa shape index (κ3) is 7.78. The number of nitrogens with zero attached hydrogens (tertiary/aromatic N) is 2. The molecule has 2 amide bonds. The highest BCUT2D eigenvalue weighted by molar-refractivity contribution is 7.89. The van der Waals surface area contributed by atoms with Gasteiger partial charge in [0, 0.05) is 41.1 Å². The molecule has 1 saturated carbocycles. The van der Waals surface area contributed by atoms with Gasteiger partial charge in [-0.1, -0.05) is 77.8 Å². The first-order valence-corrected chi connectivity index (χ1v) is 17.5. The molecule has 15 heteroatoms. The molecule has 0 radical (unpaired) electrons. The van der Waals surface area contributed by atoms with E-state index in [-0.39, 0.29) is 61.8 Å². The second-order valence-electron chi connectivity index (χ2n) is 11.5. The first-order chi connectivity index (χ1) is 21.8. The molecule has 0 spiro atoms. The Bertz CT molecular complexity index is 1720. The molecule has 1 aliphatic heterocycles. The maximum atomic E-state index is 13.9. The molecule has 46 heavy (non-hydrogen) atoms. The average Bonchev–Trinajstić information content (AvgIpc) is 3.00. The Morgan fingerprint density at radius 3 is 2.15 bits per heavy atom. The van der Waals surface area contributed by atoms with Crippen molar-refractivity contribution < 1.29 is 27.9 Å². The van der Waals surface area contributed by atoms with Gasteiger partial charge in [0.05, 0.1) is 20.5 Å². The third-order valence-corrected chi connectivity index (χ3v) is 11.3. The largest absolute Gasteiger partial charge is 0.480 e. The maximum absolute atomic E-state index is 13.9. The summed E-state index contributed by atoms with van der Waals surface area (Å²) in [5, 5.41) is 15.7. The van der Waals surface area contributed by atoms with Crippen molar-refractivity contribution in [3.63, 3.8) is 0 Å². The van der Waals surface area contributed by atoms with Gasteiger partial charge in [-0.2, -0.15) is 4.31 Å². The summed E-state index contributed by atoms with van der Waals surface area (Å²) >= 11 is 24.4. The van der Waals surface area contributed by atoms with E-state index in [1.54, 1.807) is 24.3 Å². The number of sulfonamides is 1. The Balaban J connectivity index is 1.32. The van der Waals surface area contributed by atoms with Crippen LogP contribution in [0.5, 0.6) is 0 Å². The summed E-state index contributed by atoms with van der Waals surface area (Å²) in [6, 6.07) is 7.90. The Morgan fingerprint density at radius 1 is 0.935 bits per heavy atom. The number of fused-ring (bicyclic) bond motifs is 1. The summed E-state index contributed by atoms with van der Waals surface area (Å²) in [6.45, 7) is 0.135. The lowest BCUT2D eigenvalue weighted by molar-refractivity contribution is -0.142. The number of hydrogen-bond acceptors (Lipinski definition) is 6. The number of pyridine rings is 1. The van der Waals surface area contributed by atoms with Crippen molar-refractivity contribution in [1.82, 2.24) is 14.6 Å². The molecular formula is C31H30Cl4N4O6S. The highest BCUT2D eigenvalue weighted by atomic mass is 35.5. The maximum Gasteiger partial charge on any atom is 0.326 e. The summed E-state index contributed by atoms with van der Waals surface area (Å²) in [4.78, 5) is 42.4. The molecule has 3 N–H and O–H groups in total. The number of carboxylic acids is 1. The van der Waals surface area contributed by atoms with Crippen molar-refractivity contribution in [2.75, 3.05) is 11.9 Å². The smallest absolute Gasteiger partial charge is 0.326 e. The molecular weight excluding hydrogens is 698 g/mol. The standard InChI is InChI=1S/C31H30Cl4N4O6S/c32-20-11-21(33)13-23(12-20)46(44,45)39-16-19-4-2-1-3-18(19)10-27(39)29(40)38-26(31(42)43)9-17-5-7-22(8-6-17)37-30(41)28-24(34)14-36-15-25(28)35/h5-8,11-15,18-19,26-27H,1-4,9-10,16H2,(H,37,41)(H,38,40)(H,42,43)/t18-,19?,26-,27?/m0/s1. The summed E-state index contributed by atoms with van der Waals surface area (Å²) < 4.78 is 29.0. The average molecular weight is 728 g/mol. The molecule has 3 aromatic rings. The van der Waals surface area contributed by atoms with Gasteiger partial charge in [0.25, 0.3) is 5.91 Å². The van der Waals surface area contributed by atoms with Crippen LogP contribution in [-0.4, -0.2) is 59.2 Å². The second-order valence-corrected chi connectivity index (χ2v) is 15.0. The van der Waals surface area contributed by atoms with Gasteiger partial charge in [-0.3, -0.25) is 14.6 Å². The van der Waals surface area contributed by atoms with Gasteiger partial charge in [-0.15, -0.1) is 0 Å². The zero-order chi connectivity index (χ0) is 33.2. The van der Waals surface area contributed by atoms with Crippen LogP contribution in [0.2, 0.25) is 20.1 Å². The molecule has 4 atom stereocenters. The van der Waals surface area contributed by atoms with E-state index in [0.717, 1.165) is 25.7 Å². The molecule has 2 unspecified atom stereocenters. The fourth-order valence-corrected chi connectivity index (χ4v) is 9.08. The van der Waals surface area contributed by atoms with Crippen molar-refractivity contribution in [2.24, 2.45) is 11.8 Å². The zero-order valence-electron chi connectivity index (χ0n) is 24.3. The quantitative estimate of drug-likeness (QED) is 0.234. The number of piperidine rings is 1. The van der Waals surface area contributed by atoms with E-state index < -0.39 is 39.9 Å². The third-order valence-electron chi connectivity index (χ3n) is 8.45. The Labute approximate surface area is 286 Å². The molecule has 1 aromatic heterocycles. The molecule has 2 aromatic carbocycles. The number of aromatic nitrogens is 1. The number of rotatable bonds is 9. The number of aliphatic carboxylic acids is 1. The van der Waals surface area contributed by atoms with Crippen LogP contribution in [0.25, 0.3) is 0 Å². The van der Waals surface area contributed by atoms with Crippen LogP contribution in [0, 0.1) is 11.8 Å². The molecule has 1 saturated heterocycles. The lowest BCUT2D eigenvalue weighted by Gasteiger charge is -2.44. The Hall–Kier alpha value is -2.93. The van der Waals surface area contributed by atoms with Gasteiger partial charge >= 0.3 is 5.97 Å². The number of anilines is 1. The molecule has 10 nitrogen and oxygen atoms in total. The number of carboxylic acid groups (broad SMARTS) is 1. The number of carbonyl (C=O) groups excluding carboxylic acids is 2. The summed E-state index contributed by atoms with van der Waals surface area (Å²) in [6.07, 6.45) is 6.46. The summed E-state index contributed by atoms with van der Waals surface area (Å²) in [7, 11) is -4.21. The van der Waals surface area contributed by atoms with E-state index in [9.17, 15) is 27.9 Å². The van der Waals surface area contributed by atoms with Crippen LogP contribution < -0.4 is 10.6 Å². The molecule has 0 bridgehead atoms. The minimum Gasteiger partial charge on any atom is -0.480 e. The van der Waals surface area contributed by atoms with E-state index in [0.29, 0.717) is 11.3 Å². The van der Waals surface area contributed by atoms with Crippen molar-refractivity contribution in [3.05, 3.63) is 86.1 Å². The van der Waals surface area contributed by atoms with E-state index in [1.165, 1.54) is 34.9 Å². The molecule has 1 aliphatic carbocycles. The normalized spacial score (nSPS) is 20.7. The van der Waals surface area contributed by atoms with Gasteiger partial charge in [0.15, 0.2) is 0 Å². The van der Waals surface area contributed by atoms with Crippen LogP contribution in [-0.2, 0) is 26.0 Å². The van der Waals surface area contributed by atoms with Crippen molar-refractivity contribution >= 4 is 79.9 Å². The van der Waals surface area contributed by atoms with Gasteiger partial charge in [-0.05, 0) is 60.6 Å². The van der Waals surface area contributed by atoms with Crippen molar-refractivity contribution in [3.8, 4) is 0 Å². The van der Waals surface area contributed by atoms with Gasteiger partial charge in [-0.25, -0.2) is 13.2 Å². The fourth-order valence-electron chi connectivity index (χ4n) is 6.16. The van der Waals surface area contributed by atoms with Crippen LogP contribution >= 0.6 is 46.4 Å². The van der Waals surface area contributed by atoms with E-state index >= 15 is 0 Å². The second kappa shape index (κ2) is 14.5. The van der Waals surface area contributed by atoms with E-state index in [4.69, 9.17) is 46.4 Å². The summed E-state index contributed by atoms with van der Waals surface area (Å²) in [5.41, 5.74) is 1.02. The summed E-state index contributed by atoms with van der Waals surface area (Å²) in [5.74, 6) is -2.30. The van der Waals surface area contributed by atoms with Crippen molar-refractivity contribution in [1.29, 1.82) is 0 Å². The predicted octanol–water partition coefficient (Wildman–Crippen LogP) is 6.33. The number of halogens is 4. The lowest BCUT2D eigenvalue weighted by Crippen LogP contribution is -2.58. The van der Waals surface area contributed by atoms with Crippen LogP contribution in [0.4, 0.5) is 5.69 Å². The van der Waals surface area contributed by atoms with Gasteiger partial charge < -0.3 is 15.7 Å². The molecule has 2 fully saturated rings. The molecule has 2 aliphatic rings. The fraction of sp³-hybridized carbons (Fsp3) is 0.355. The Kier molecular flexibility index (Phi) is 10.8. The van der Waals surface area contributed by atoms with Gasteiger partial charge in [0.1, 0.15) is 12.1 Å². The van der Waals surface area contributed by atoms with Crippen LogP contribution in [0.15, 0.2) is 59.8 Å². The highest BCUT2D eigenvalue weighted by Crippen LogP contribution is 2.41. The first kappa shape index (κ1) is 34.4. The topological polar surface area (TPSA) is 146 Å². The molecule has 5 rings (SSSR count). The number of benzene rings is 2. The molecule has 2 heterocycles. The van der Waals surface area contributed by atoms with Gasteiger partial charge in [0.2, 0.25) is 15.9 Å². The van der Waals surface area contributed by atoms with Crippen LogP contribution in [0.3, 0.4) is 0 Å². The Morgan fingerprint density at radius 2 is 1.54 bits per heavy atom. The number of nitrogens with one attached hydrogen (secondary N) is 2. The number of hydrogen-bond donors (Lipinski definition) is 3. The number of carbonyl (C=O) groups is 3. The van der Waals surface area contributed by atoms with E-state index in [2.05, 4.69) is 15.6 Å². The lowest BCUT2D eigenvalue weighted by atomic mass is 9.73. The minimum atomic E-state index is -4.21. The zero-order valence-corrected chi connectivity index (χ0v) is 28.1. The van der Waals surface area contributed by atoms with Crippen LogP contribution in [0.1, 0.15) is 48.0 Å². The monoisotopic (exact) mass is 726 g/mol. The van der Waals surface area contributed by atoms with E-state index in [1.807, 2.05) is 0 Å². The molecule has 244 valence electrons. The predicted molar refractivity (Wildman–Crippen MR) is 176 cm³/mol. The number of amides is 2. The minimum absolute atomic E-state index is 0.0628. The highest BCUT2D eigenvalue weighted by Gasteiger charge is 2.46. The van der Waals surface area contributed by atoms with Crippen molar-refractivity contribution in [2.45, 2.75) is 55.5 Å². The SMILES string of the molecule is O=C(Nc1ccc(C[C@H](NC(=O)C2C[C@@H]3CCCCC3CN2S(=O)(=O)c2cc(Cl)cc(Cl)c2)C(=O)O)cc1)c1c(Cl)cncc1Cl. The first-order valence-electron chi connectivity index (χ1n) is 14.5.